The maximum atomic E-state index is 13.5. The van der Waals surface area contributed by atoms with E-state index in [1.54, 1.807) is 45.9 Å². The van der Waals surface area contributed by atoms with Gasteiger partial charge in [-0.05, 0) is 81.4 Å². The van der Waals surface area contributed by atoms with E-state index < -0.39 is 47.1 Å². The summed E-state index contributed by atoms with van der Waals surface area (Å²) in [5.41, 5.74) is -0.818. The number of carbonyl (C=O) groups excluding carboxylic acids is 4. The third kappa shape index (κ3) is 8.22. The fourth-order valence-electron chi connectivity index (χ4n) is 3.74. The Morgan fingerprint density at radius 1 is 0.974 bits per heavy atom. The van der Waals surface area contributed by atoms with Crippen molar-refractivity contribution in [2.45, 2.75) is 92.3 Å². The summed E-state index contributed by atoms with van der Waals surface area (Å²) in [6, 6.07) is 5.01. The highest BCUT2D eigenvalue weighted by Crippen LogP contribution is 2.26. The van der Waals surface area contributed by atoms with Gasteiger partial charge in [-0.25, -0.2) is 14.8 Å². The number of anilines is 1. The minimum absolute atomic E-state index is 0.0254. The van der Waals surface area contributed by atoms with Gasteiger partial charge in [0.25, 0.3) is 0 Å². The maximum absolute atomic E-state index is 13.5. The quantitative estimate of drug-likeness (QED) is 0.268. The first-order chi connectivity index (χ1) is 17.3. The Bertz CT molecular complexity index is 1220. The van der Waals surface area contributed by atoms with Crippen molar-refractivity contribution in [3.63, 3.8) is 0 Å². The predicted molar refractivity (Wildman–Crippen MR) is 145 cm³/mol. The van der Waals surface area contributed by atoms with E-state index in [-0.39, 0.29) is 17.7 Å². The van der Waals surface area contributed by atoms with Crippen molar-refractivity contribution >= 4 is 40.5 Å². The zero-order valence-corrected chi connectivity index (χ0v) is 24.1. The van der Waals surface area contributed by atoms with E-state index in [9.17, 15) is 19.2 Å². The predicted octanol–water partition coefficient (Wildman–Crippen LogP) is 4.77. The topological polar surface area (TPSA) is 137 Å². The molecule has 0 aliphatic heterocycles. The molecule has 0 saturated heterocycles. The number of fused-ring (bicyclic) bond motifs is 1. The molecular weight excluding hydrogens is 488 g/mol. The SMILES string of the molecule is CCOC(=O)C(CC(=O)c1cccc2nc(C)c(NC(C)(C)C)nc12)C(=O)C(C)(C)NC(=O)OC(C)(C)C. The molecule has 208 valence electrons. The number of nitrogens with zero attached hydrogens (tertiary/aromatic N) is 2. The van der Waals surface area contributed by atoms with Gasteiger partial charge in [-0.1, -0.05) is 6.07 Å². The molecule has 1 aromatic carbocycles. The van der Waals surface area contributed by atoms with Gasteiger partial charge in [0.1, 0.15) is 22.9 Å². The molecule has 1 aromatic heterocycles. The number of ketones is 2. The van der Waals surface area contributed by atoms with Crippen LogP contribution in [0.2, 0.25) is 0 Å². The summed E-state index contributed by atoms with van der Waals surface area (Å²) in [5.74, 6) is -2.91. The Balaban J connectivity index is 2.44. The van der Waals surface area contributed by atoms with Crippen LogP contribution in [-0.4, -0.2) is 56.9 Å². The van der Waals surface area contributed by atoms with Crippen LogP contribution in [0.3, 0.4) is 0 Å². The summed E-state index contributed by atoms with van der Waals surface area (Å²) in [7, 11) is 0. The lowest BCUT2D eigenvalue weighted by Crippen LogP contribution is -2.54. The molecule has 0 fully saturated rings. The average Bonchev–Trinajstić information content (AvgIpc) is 2.74. The highest BCUT2D eigenvalue weighted by atomic mass is 16.6. The Morgan fingerprint density at radius 3 is 2.16 bits per heavy atom. The minimum Gasteiger partial charge on any atom is -0.465 e. The number of hydrogen-bond donors (Lipinski definition) is 2. The van der Waals surface area contributed by atoms with Crippen molar-refractivity contribution in [3.8, 4) is 0 Å². The summed E-state index contributed by atoms with van der Waals surface area (Å²) >= 11 is 0. The molecule has 0 aliphatic carbocycles. The molecule has 0 radical (unpaired) electrons. The second kappa shape index (κ2) is 11.4. The Labute approximate surface area is 224 Å². The molecule has 0 spiro atoms. The molecule has 38 heavy (non-hydrogen) atoms. The molecule has 0 aliphatic rings. The number of ether oxygens (including phenoxy) is 2. The molecule has 1 atom stereocenters. The number of benzene rings is 1. The van der Waals surface area contributed by atoms with E-state index in [0.717, 1.165) is 0 Å². The van der Waals surface area contributed by atoms with E-state index in [0.29, 0.717) is 22.5 Å². The lowest BCUT2D eigenvalue weighted by Gasteiger charge is -2.30. The third-order valence-corrected chi connectivity index (χ3v) is 5.37. The average molecular weight is 529 g/mol. The van der Waals surface area contributed by atoms with Gasteiger partial charge in [0.05, 0.1) is 23.4 Å². The van der Waals surface area contributed by atoms with E-state index in [4.69, 9.17) is 9.47 Å². The molecule has 2 N–H and O–H groups in total. The number of aromatic nitrogens is 2. The molecule has 10 heteroatoms. The van der Waals surface area contributed by atoms with Crippen molar-refractivity contribution in [2.24, 2.45) is 5.92 Å². The number of Topliss-reactive ketones (excluding diaryl/α,β-unsaturated/α-hetero) is 2. The zero-order chi connectivity index (χ0) is 29.1. The van der Waals surface area contributed by atoms with E-state index in [2.05, 4.69) is 20.6 Å². The first-order valence-electron chi connectivity index (χ1n) is 12.7. The molecular formula is C28H40N4O6. The lowest BCUT2D eigenvalue weighted by atomic mass is 9.84. The number of amides is 1. The lowest BCUT2D eigenvalue weighted by molar-refractivity contribution is -0.153. The summed E-state index contributed by atoms with van der Waals surface area (Å²) < 4.78 is 10.4. The van der Waals surface area contributed by atoms with Crippen LogP contribution in [-0.2, 0) is 19.1 Å². The molecule has 2 aromatic rings. The van der Waals surface area contributed by atoms with Gasteiger partial charge < -0.3 is 20.1 Å². The van der Waals surface area contributed by atoms with Gasteiger partial charge in [0, 0.05) is 17.5 Å². The highest BCUT2D eigenvalue weighted by Gasteiger charge is 2.41. The number of hydrogen-bond acceptors (Lipinski definition) is 9. The van der Waals surface area contributed by atoms with E-state index in [1.165, 1.54) is 13.8 Å². The van der Waals surface area contributed by atoms with E-state index >= 15 is 0 Å². The molecule has 10 nitrogen and oxygen atoms in total. The van der Waals surface area contributed by atoms with Crippen LogP contribution in [0.15, 0.2) is 18.2 Å². The van der Waals surface area contributed by atoms with Crippen molar-refractivity contribution < 1.29 is 28.7 Å². The number of esters is 1. The van der Waals surface area contributed by atoms with Gasteiger partial charge in [0.2, 0.25) is 0 Å². The normalized spacial score (nSPS) is 13.0. The summed E-state index contributed by atoms with van der Waals surface area (Å²) in [6.45, 7) is 17.4. The molecule has 1 amide bonds. The van der Waals surface area contributed by atoms with Crippen LogP contribution in [0.5, 0.6) is 0 Å². The highest BCUT2D eigenvalue weighted by molar-refractivity contribution is 6.12. The van der Waals surface area contributed by atoms with Crippen molar-refractivity contribution in [1.82, 2.24) is 15.3 Å². The first kappa shape index (κ1) is 30.7. The van der Waals surface area contributed by atoms with Crippen LogP contribution in [0.1, 0.15) is 84.8 Å². The smallest absolute Gasteiger partial charge is 0.408 e. The second-order valence-electron chi connectivity index (χ2n) is 11.8. The van der Waals surface area contributed by atoms with E-state index in [1.807, 2.05) is 27.7 Å². The van der Waals surface area contributed by atoms with Crippen LogP contribution < -0.4 is 10.6 Å². The summed E-state index contributed by atoms with van der Waals surface area (Å²) in [6.07, 6.45) is -1.28. The standard InChI is InChI=1S/C28H40N4O6/c1-11-37-24(35)18(22(34)28(9,10)32-25(36)38-27(6,7)8)15-20(33)17-13-12-14-19-21(17)30-23(16(2)29-19)31-26(3,4)5/h12-14,18H,11,15H2,1-10H3,(H,30,31)(H,32,36). The number of nitrogens with one attached hydrogen (secondary N) is 2. The minimum atomic E-state index is -1.51. The van der Waals surface area contributed by atoms with Gasteiger partial charge in [-0.15, -0.1) is 0 Å². The molecule has 1 unspecified atom stereocenters. The number of alkyl carbamates (subject to hydrolysis) is 1. The van der Waals surface area contributed by atoms with Gasteiger partial charge in [-0.2, -0.15) is 0 Å². The maximum Gasteiger partial charge on any atom is 0.408 e. The zero-order valence-electron chi connectivity index (χ0n) is 24.1. The Hall–Kier alpha value is -3.56. The van der Waals surface area contributed by atoms with Crippen LogP contribution in [0, 0.1) is 12.8 Å². The second-order valence-corrected chi connectivity index (χ2v) is 11.8. The number of carbonyl (C=O) groups is 4. The van der Waals surface area contributed by atoms with Crippen molar-refractivity contribution in [1.29, 1.82) is 0 Å². The van der Waals surface area contributed by atoms with Gasteiger partial charge in [-0.3, -0.25) is 14.4 Å². The van der Waals surface area contributed by atoms with Gasteiger partial charge in [0.15, 0.2) is 11.6 Å². The van der Waals surface area contributed by atoms with Crippen LogP contribution in [0.4, 0.5) is 10.6 Å². The van der Waals surface area contributed by atoms with Gasteiger partial charge >= 0.3 is 12.1 Å². The van der Waals surface area contributed by atoms with Crippen molar-refractivity contribution in [3.05, 3.63) is 29.5 Å². The van der Waals surface area contributed by atoms with Crippen LogP contribution in [0.25, 0.3) is 11.0 Å². The largest absolute Gasteiger partial charge is 0.465 e. The summed E-state index contributed by atoms with van der Waals surface area (Å²) in [5, 5.41) is 5.80. The fraction of sp³-hybridized carbons (Fsp3) is 0.571. The number of rotatable bonds is 9. The van der Waals surface area contributed by atoms with Crippen molar-refractivity contribution in [2.75, 3.05) is 11.9 Å². The Kier molecular flexibility index (Phi) is 9.24. The molecule has 0 bridgehead atoms. The fourth-order valence-corrected chi connectivity index (χ4v) is 3.74. The molecule has 1 heterocycles. The number of aryl methyl sites for hydroxylation is 1. The third-order valence-electron chi connectivity index (χ3n) is 5.37. The Morgan fingerprint density at radius 2 is 1.61 bits per heavy atom. The number of para-hydroxylation sites is 1. The molecule has 2 rings (SSSR count). The molecule has 0 saturated carbocycles. The summed E-state index contributed by atoms with van der Waals surface area (Å²) in [4.78, 5) is 61.5. The monoisotopic (exact) mass is 528 g/mol. The van der Waals surface area contributed by atoms with Crippen LogP contribution >= 0.6 is 0 Å². The first-order valence-corrected chi connectivity index (χ1v) is 12.7.